The van der Waals surface area contributed by atoms with Crippen molar-refractivity contribution in [1.29, 1.82) is 0 Å². The van der Waals surface area contributed by atoms with Crippen molar-refractivity contribution in [2.24, 2.45) is 5.92 Å². The fourth-order valence-corrected chi connectivity index (χ4v) is 2.19. The number of hydrogen-bond donors (Lipinski definition) is 2. The third kappa shape index (κ3) is 3.81. The molecule has 16 heavy (non-hydrogen) atoms. The Balaban J connectivity index is 2.52. The second-order valence-electron chi connectivity index (χ2n) is 4.21. The Morgan fingerprint density at radius 3 is 2.50 bits per heavy atom. The largest absolute Gasteiger partial charge is 0.480 e. The molecular formula is C11H19NO4. The highest BCUT2D eigenvalue weighted by Crippen LogP contribution is 2.26. The van der Waals surface area contributed by atoms with Crippen LogP contribution in [0.25, 0.3) is 0 Å². The molecule has 0 aromatic carbocycles. The van der Waals surface area contributed by atoms with Gasteiger partial charge in [-0.25, -0.2) is 4.79 Å². The van der Waals surface area contributed by atoms with Crippen molar-refractivity contribution < 1.29 is 19.4 Å². The number of nitrogens with one attached hydrogen (secondary N) is 1. The molecule has 92 valence electrons. The SMILES string of the molecule is COCC(=O)NC(C(=O)O)C1CCCCC1. The van der Waals surface area contributed by atoms with Gasteiger partial charge in [0.2, 0.25) is 5.91 Å². The van der Waals surface area contributed by atoms with Crippen LogP contribution in [0, 0.1) is 5.92 Å². The molecule has 1 amide bonds. The number of carboxylic acid groups (broad SMARTS) is 1. The molecule has 0 radical (unpaired) electrons. The van der Waals surface area contributed by atoms with E-state index in [4.69, 9.17) is 5.11 Å². The predicted octanol–water partition coefficient (Wildman–Crippen LogP) is 0.782. The molecule has 0 aromatic rings. The summed E-state index contributed by atoms with van der Waals surface area (Å²) in [6.45, 7) is -0.0868. The van der Waals surface area contributed by atoms with Gasteiger partial charge in [0.1, 0.15) is 12.6 Å². The van der Waals surface area contributed by atoms with Crippen molar-refractivity contribution in [2.75, 3.05) is 13.7 Å². The van der Waals surface area contributed by atoms with Crippen LogP contribution in [0.3, 0.4) is 0 Å². The van der Waals surface area contributed by atoms with E-state index in [9.17, 15) is 9.59 Å². The first-order valence-corrected chi connectivity index (χ1v) is 5.66. The molecule has 2 N–H and O–H groups in total. The Morgan fingerprint density at radius 1 is 1.38 bits per heavy atom. The minimum Gasteiger partial charge on any atom is -0.480 e. The molecule has 1 aliphatic rings. The van der Waals surface area contributed by atoms with Gasteiger partial charge in [0, 0.05) is 7.11 Å². The van der Waals surface area contributed by atoms with E-state index in [0.29, 0.717) is 0 Å². The minimum absolute atomic E-state index is 0.0621. The Kier molecular flexibility index (Phi) is 5.25. The topological polar surface area (TPSA) is 75.6 Å². The van der Waals surface area contributed by atoms with Crippen molar-refractivity contribution in [3.05, 3.63) is 0 Å². The highest BCUT2D eigenvalue weighted by molar-refractivity contribution is 5.84. The first-order chi connectivity index (χ1) is 7.65. The summed E-state index contributed by atoms with van der Waals surface area (Å²) in [4.78, 5) is 22.4. The maximum absolute atomic E-state index is 11.3. The van der Waals surface area contributed by atoms with E-state index in [-0.39, 0.29) is 18.4 Å². The van der Waals surface area contributed by atoms with E-state index in [2.05, 4.69) is 10.1 Å². The zero-order valence-electron chi connectivity index (χ0n) is 9.57. The van der Waals surface area contributed by atoms with E-state index in [1.807, 2.05) is 0 Å². The fraction of sp³-hybridized carbons (Fsp3) is 0.818. The van der Waals surface area contributed by atoms with Crippen LogP contribution in [0.4, 0.5) is 0 Å². The summed E-state index contributed by atoms with van der Waals surface area (Å²) >= 11 is 0. The standard InChI is InChI=1S/C11H19NO4/c1-16-7-9(13)12-10(11(14)15)8-5-3-2-4-6-8/h8,10H,2-7H2,1H3,(H,12,13)(H,14,15). The van der Waals surface area contributed by atoms with Crippen molar-refractivity contribution >= 4 is 11.9 Å². The molecule has 1 atom stereocenters. The van der Waals surface area contributed by atoms with Gasteiger partial charge < -0.3 is 15.2 Å². The molecule has 0 spiro atoms. The lowest BCUT2D eigenvalue weighted by molar-refractivity contribution is -0.144. The first kappa shape index (κ1) is 13.0. The summed E-state index contributed by atoms with van der Waals surface area (Å²) in [5.41, 5.74) is 0. The third-order valence-corrected chi connectivity index (χ3v) is 2.98. The molecule has 0 aromatic heterocycles. The molecule has 0 saturated heterocycles. The van der Waals surface area contributed by atoms with Crippen LogP contribution in [-0.4, -0.2) is 36.7 Å². The van der Waals surface area contributed by atoms with Gasteiger partial charge in [0.25, 0.3) is 0 Å². The van der Waals surface area contributed by atoms with Gasteiger partial charge in [-0.2, -0.15) is 0 Å². The smallest absolute Gasteiger partial charge is 0.326 e. The Morgan fingerprint density at radius 2 is 2.00 bits per heavy atom. The van der Waals surface area contributed by atoms with Gasteiger partial charge in [-0.1, -0.05) is 19.3 Å². The fourth-order valence-electron chi connectivity index (χ4n) is 2.19. The molecule has 1 aliphatic carbocycles. The molecular weight excluding hydrogens is 210 g/mol. The number of carbonyl (C=O) groups excluding carboxylic acids is 1. The second-order valence-corrected chi connectivity index (χ2v) is 4.21. The van der Waals surface area contributed by atoms with Crippen LogP contribution in [0.5, 0.6) is 0 Å². The van der Waals surface area contributed by atoms with Gasteiger partial charge in [-0.15, -0.1) is 0 Å². The zero-order valence-corrected chi connectivity index (χ0v) is 9.57. The van der Waals surface area contributed by atoms with Crippen LogP contribution < -0.4 is 5.32 Å². The van der Waals surface area contributed by atoms with Crippen LogP contribution in [-0.2, 0) is 14.3 Å². The average Bonchev–Trinajstić information content (AvgIpc) is 2.27. The molecule has 1 unspecified atom stereocenters. The van der Waals surface area contributed by atoms with E-state index in [1.54, 1.807) is 0 Å². The highest BCUT2D eigenvalue weighted by atomic mass is 16.5. The Hall–Kier alpha value is -1.10. The van der Waals surface area contributed by atoms with Gasteiger partial charge in [0.15, 0.2) is 0 Å². The van der Waals surface area contributed by atoms with Crippen LogP contribution in [0.15, 0.2) is 0 Å². The maximum atomic E-state index is 11.3. The summed E-state index contributed by atoms with van der Waals surface area (Å²) in [6.07, 6.45) is 5.02. The van der Waals surface area contributed by atoms with Crippen LogP contribution in [0.1, 0.15) is 32.1 Å². The van der Waals surface area contributed by atoms with E-state index < -0.39 is 12.0 Å². The predicted molar refractivity (Wildman–Crippen MR) is 58.0 cm³/mol. The lowest BCUT2D eigenvalue weighted by atomic mass is 9.84. The summed E-state index contributed by atoms with van der Waals surface area (Å²) in [7, 11) is 1.41. The molecule has 5 heteroatoms. The van der Waals surface area contributed by atoms with Crippen molar-refractivity contribution in [3.63, 3.8) is 0 Å². The van der Waals surface area contributed by atoms with E-state index >= 15 is 0 Å². The summed E-state index contributed by atoms with van der Waals surface area (Å²) in [5, 5.41) is 11.6. The Labute approximate surface area is 95.2 Å². The molecule has 1 saturated carbocycles. The third-order valence-electron chi connectivity index (χ3n) is 2.98. The molecule has 1 fully saturated rings. The van der Waals surface area contributed by atoms with Gasteiger partial charge in [0.05, 0.1) is 0 Å². The molecule has 1 rings (SSSR count). The van der Waals surface area contributed by atoms with Crippen LogP contribution in [0.2, 0.25) is 0 Å². The van der Waals surface area contributed by atoms with Crippen molar-refractivity contribution in [2.45, 2.75) is 38.1 Å². The van der Waals surface area contributed by atoms with Crippen LogP contribution >= 0.6 is 0 Å². The number of hydrogen-bond acceptors (Lipinski definition) is 3. The number of amides is 1. The lowest BCUT2D eigenvalue weighted by Crippen LogP contribution is -2.47. The number of aliphatic carboxylic acids is 1. The number of ether oxygens (including phenoxy) is 1. The van der Waals surface area contributed by atoms with Crippen molar-refractivity contribution in [3.8, 4) is 0 Å². The van der Waals surface area contributed by atoms with E-state index in [0.717, 1.165) is 32.1 Å². The van der Waals surface area contributed by atoms with Crippen molar-refractivity contribution in [1.82, 2.24) is 5.32 Å². The first-order valence-electron chi connectivity index (χ1n) is 5.66. The van der Waals surface area contributed by atoms with Gasteiger partial charge in [-0.3, -0.25) is 4.79 Å². The number of methoxy groups -OCH3 is 1. The van der Waals surface area contributed by atoms with Gasteiger partial charge >= 0.3 is 5.97 Å². The van der Waals surface area contributed by atoms with Gasteiger partial charge in [-0.05, 0) is 18.8 Å². The molecule has 0 aliphatic heterocycles. The lowest BCUT2D eigenvalue weighted by Gasteiger charge is -2.27. The normalized spacial score (nSPS) is 19.1. The zero-order chi connectivity index (χ0) is 12.0. The Bertz CT molecular complexity index is 246. The number of carbonyl (C=O) groups is 2. The summed E-state index contributed by atoms with van der Waals surface area (Å²) in [6, 6.07) is -0.761. The monoisotopic (exact) mass is 229 g/mol. The maximum Gasteiger partial charge on any atom is 0.326 e. The second kappa shape index (κ2) is 6.48. The quantitative estimate of drug-likeness (QED) is 0.730. The molecule has 5 nitrogen and oxygen atoms in total. The summed E-state index contributed by atoms with van der Waals surface area (Å²) < 4.78 is 4.67. The molecule has 0 heterocycles. The number of rotatable bonds is 5. The summed E-state index contributed by atoms with van der Waals surface area (Å²) in [5.74, 6) is -1.25. The average molecular weight is 229 g/mol. The molecule has 0 bridgehead atoms. The minimum atomic E-state index is -0.948. The highest BCUT2D eigenvalue weighted by Gasteiger charge is 2.30. The van der Waals surface area contributed by atoms with E-state index in [1.165, 1.54) is 7.11 Å². The number of carboxylic acids is 1.